The second-order valence-corrected chi connectivity index (χ2v) is 7.00. The van der Waals surface area contributed by atoms with Crippen LogP contribution in [-0.4, -0.2) is 41.3 Å². The van der Waals surface area contributed by atoms with Gasteiger partial charge in [-0.3, -0.25) is 14.5 Å². The second-order valence-electron chi connectivity index (χ2n) is 5.83. The molecule has 0 aromatic heterocycles. The zero-order chi connectivity index (χ0) is 19.4. The summed E-state index contributed by atoms with van der Waals surface area (Å²) in [4.78, 5) is 30.6. The number of ether oxygens (including phenoxy) is 1. The van der Waals surface area contributed by atoms with E-state index < -0.39 is 5.25 Å². The summed E-state index contributed by atoms with van der Waals surface area (Å²) in [5, 5.41) is 2.67. The zero-order valence-electron chi connectivity index (χ0n) is 14.8. The molecule has 1 saturated heterocycles. The Hall–Kier alpha value is -2.87. The molecule has 3 rings (SSSR count). The molecule has 27 heavy (non-hydrogen) atoms. The molecule has 2 aromatic rings. The number of thioether (sulfide) groups is 1. The molecule has 2 amide bonds. The molecule has 0 unspecified atom stereocenters. The molecular formula is C19H18FN3O3S. The number of para-hydroxylation sites is 2. The Morgan fingerprint density at radius 1 is 1.26 bits per heavy atom. The zero-order valence-corrected chi connectivity index (χ0v) is 15.6. The topological polar surface area (TPSA) is 71.0 Å². The molecule has 0 spiro atoms. The fourth-order valence-electron chi connectivity index (χ4n) is 2.54. The number of amidine groups is 1. The van der Waals surface area contributed by atoms with E-state index >= 15 is 0 Å². The number of methoxy groups -OCH3 is 1. The van der Waals surface area contributed by atoms with Crippen LogP contribution in [0.2, 0.25) is 0 Å². The predicted octanol–water partition coefficient (Wildman–Crippen LogP) is 3.42. The van der Waals surface area contributed by atoms with Crippen molar-refractivity contribution in [2.24, 2.45) is 4.99 Å². The Morgan fingerprint density at radius 3 is 2.67 bits per heavy atom. The number of hydrogen-bond acceptors (Lipinski definition) is 5. The van der Waals surface area contributed by atoms with Gasteiger partial charge < -0.3 is 10.1 Å². The van der Waals surface area contributed by atoms with Gasteiger partial charge in [-0.2, -0.15) is 0 Å². The number of halogens is 1. The van der Waals surface area contributed by atoms with E-state index in [9.17, 15) is 14.0 Å². The van der Waals surface area contributed by atoms with Crippen molar-refractivity contribution < 1.29 is 18.7 Å². The molecule has 1 heterocycles. The number of nitrogens with one attached hydrogen (secondary N) is 1. The first-order valence-electron chi connectivity index (χ1n) is 8.19. The molecule has 6 nitrogen and oxygen atoms in total. The highest BCUT2D eigenvalue weighted by Gasteiger charge is 2.37. The SMILES string of the molecule is COc1ccccc1NC(=O)C[C@H]1SC(=Nc2ccc(F)cc2)N(C)C1=O. The van der Waals surface area contributed by atoms with Gasteiger partial charge in [0.15, 0.2) is 5.17 Å². The van der Waals surface area contributed by atoms with Crippen LogP contribution in [0.4, 0.5) is 15.8 Å². The number of carbonyl (C=O) groups excluding carboxylic acids is 2. The summed E-state index contributed by atoms with van der Waals surface area (Å²) < 4.78 is 18.2. The van der Waals surface area contributed by atoms with Crippen molar-refractivity contribution in [3.63, 3.8) is 0 Å². The minimum Gasteiger partial charge on any atom is -0.495 e. The van der Waals surface area contributed by atoms with Gasteiger partial charge in [0.2, 0.25) is 11.8 Å². The Morgan fingerprint density at radius 2 is 1.96 bits per heavy atom. The third kappa shape index (κ3) is 4.46. The number of carbonyl (C=O) groups is 2. The van der Waals surface area contributed by atoms with Crippen molar-refractivity contribution in [1.29, 1.82) is 0 Å². The molecule has 2 aromatic carbocycles. The van der Waals surface area contributed by atoms with Crippen LogP contribution in [0.1, 0.15) is 6.42 Å². The Labute approximate surface area is 160 Å². The summed E-state index contributed by atoms with van der Waals surface area (Å²) in [5.74, 6) is -0.293. The maximum absolute atomic E-state index is 13.0. The fraction of sp³-hybridized carbons (Fsp3) is 0.211. The summed E-state index contributed by atoms with van der Waals surface area (Å²) in [6.07, 6.45) is 0.00826. The molecule has 0 radical (unpaired) electrons. The number of hydrogen-bond donors (Lipinski definition) is 1. The van der Waals surface area contributed by atoms with Crippen LogP contribution in [0.25, 0.3) is 0 Å². The third-order valence-corrected chi connectivity index (χ3v) is 5.17. The summed E-state index contributed by atoms with van der Waals surface area (Å²) in [6.45, 7) is 0. The van der Waals surface area contributed by atoms with Gasteiger partial charge in [-0.15, -0.1) is 0 Å². The lowest BCUT2D eigenvalue weighted by Crippen LogP contribution is -2.30. The molecule has 1 N–H and O–H groups in total. The standard InChI is InChI=1S/C19H18FN3O3S/c1-23-18(25)16(27-19(23)21-13-9-7-12(20)8-10-13)11-17(24)22-14-5-3-4-6-15(14)26-2/h3-10,16H,11H2,1-2H3,(H,22,24)/t16-/m1/s1. The lowest BCUT2D eigenvalue weighted by Gasteiger charge is -2.11. The molecule has 140 valence electrons. The molecule has 0 aliphatic carbocycles. The monoisotopic (exact) mass is 387 g/mol. The molecule has 0 saturated carbocycles. The first-order chi connectivity index (χ1) is 13.0. The van der Waals surface area contributed by atoms with Gasteiger partial charge in [-0.05, 0) is 36.4 Å². The minimum atomic E-state index is -0.566. The van der Waals surface area contributed by atoms with Crippen LogP contribution in [0.5, 0.6) is 5.75 Å². The number of rotatable bonds is 5. The van der Waals surface area contributed by atoms with E-state index in [2.05, 4.69) is 10.3 Å². The van der Waals surface area contributed by atoms with Crippen LogP contribution in [0.15, 0.2) is 53.5 Å². The maximum Gasteiger partial charge on any atom is 0.242 e. The van der Waals surface area contributed by atoms with E-state index in [0.29, 0.717) is 22.3 Å². The summed E-state index contributed by atoms with van der Waals surface area (Å²) in [7, 11) is 3.13. The number of benzene rings is 2. The van der Waals surface area contributed by atoms with Crippen molar-refractivity contribution in [3.05, 3.63) is 54.3 Å². The van der Waals surface area contributed by atoms with Crippen LogP contribution < -0.4 is 10.1 Å². The third-order valence-electron chi connectivity index (χ3n) is 3.94. The predicted molar refractivity (Wildman–Crippen MR) is 104 cm³/mol. The normalized spacial score (nSPS) is 18.0. The van der Waals surface area contributed by atoms with E-state index in [1.165, 1.54) is 48.0 Å². The average molecular weight is 387 g/mol. The highest BCUT2D eigenvalue weighted by Crippen LogP contribution is 2.31. The summed E-state index contributed by atoms with van der Waals surface area (Å²) in [5.41, 5.74) is 1.09. The van der Waals surface area contributed by atoms with Crippen molar-refractivity contribution in [2.75, 3.05) is 19.5 Å². The molecule has 0 bridgehead atoms. The van der Waals surface area contributed by atoms with E-state index in [-0.39, 0.29) is 24.1 Å². The number of aliphatic imine (C=N–C) groups is 1. The fourth-order valence-corrected chi connectivity index (χ4v) is 3.70. The quantitative estimate of drug-likeness (QED) is 0.853. The number of amides is 2. The Bertz CT molecular complexity index is 886. The first kappa shape index (κ1) is 18.9. The average Bonchev–Trinajstić information content (AvgIpc) is 2.92. The van der Waals surface area contributed by atoms with Crippen LogP contribution >= 0.6 is 11.8 Å². The van der Waals surface area contributed by atoms with E-state index in [1.54, 1.807) is 31.3 Å². The molecule has 8 heteroatoms. The van der Waals surface area contributed by atoms with E-state index in [4.69, 9.17) is 4.74 Å². The van der Waals surface area contributed by atoms with Gasteiger partial charge >= 0.3 is 0 Å². The van der Waals surface area contributed by atoms with Gasteiger partial charge in [0.1, 0.15) is 16.8 Å². The molecule has 1 aliphatic heterocycles. The van der Waals surface area contributed by atoms with Crippen molar-refractivity contribution in [3.8, 4) is 5.75 Å². The molecule has 1 fully saturated rings. The lowest BCUT2D eigenvalue weighted by atomic mass is 10.2. The maximum atomic E-state index is 13.0. The largest absolute Gasteiger partial charge is 0.495 e. The summed E-state index contributed by atoms with van der Waals surface area (Å²) >= 11 is 1.22. The Balaban J connectivity index is 1.68. The van der Waals surface area contributed by atoms with Crippen molar-refractivity contribution in [1.82, 2.24) is 4.90 Å². The first-order valence-corrected chi connectivity index (χ1v) is 9.07. The number of nitrogens with zero attached hydrogens (tertiary/aromatic N) is 2. The van der Waals surface area contributed by atoms with Gasteiger partial charge in [0, 0.05) is 13.5 Å². The second kappa shape index (κ2) is 8.22. The molecule has 1 aliphatic rings. The number of anilines is 1. The van der Waals surface area contributed by atoms with Gasteiger partial charge in [0.05, 0.1) is 18.5 Å². The molecule has 1 atom stereocenters. The van der Waals surface area contributed by atoms with E-state index in [0.717, 1.165) is 0 Å². The minimum absolute atomic E-state index is 0.00826. The van der Waals surface area contributed by atoms with Gasteiger partial charge in [-0.25, -0.2) is 9.38 Å². The van der Waals surface area contributed by atoms with Crippen molar-refractivity contribution in [2.45, 2.75) is 11.7 Å². The van der Waals surface area contributed by atoms with Gasteiger partial charge in [-0.1, -0.05) is 23.9 Å². The van der Waals surface area contributed by atoms with Crippen LogP contribution in [0.3, 0.4) is 0 Å². The Kier molecular flexibility index (Phi) is 5.75. The highest BCUT2D eigenvalue weighted by molar-refractivity contribution is 8.15. The highest BCUT2D eigenvalue weighted by atomic mass is 32.2. The van der Waals surface area contributed by atoms with Crippen LogP contribution in [-0.2, 0) is 9.59 Å². The van der Waals surface area contributed by atoms with Crippen LogP contribution in [0, 0.1) is 5.82 Å². The van der Waals surface area contributed by atoms with Gasteiger partial charge in [0.25, 0.3) is 0 Å². The van der Waals surface area contributed by atoms with E-state index in [1.807, 2.05) is 0 Å². The van der Waals surface area contributed by atoms with Crippen molar-refractivity contribution >= 4 is 40.1 Å². The lowest BCUT2D eigenvalue weighted by molar-refractivity contribution is -0.127. The molecular weight excluding hydrogens is 369 g/mol. The smallest absolute Gasteiger partial charge is 0.242 e. The summed E-state index contributed by atoms with van der Waals surface area (Å²) in [6, 6.07) is 12.7.